The molecule has 0 heterocycles. The molecule has 2 atom stereocenters. The average molecular weight is 301 g/mol. The van der Waals surface area contributed by atoms with E-state index in [1.807, 2.05) is 0 Å². The maximum absolute atomic E-state index is 13.7. The van der Waals surface area contributed by atoms with Gasteiger partial charge in [-0.15, -0.1) is 0 Å². The number of rotatable bonds is 4. The van der Waals surface area contributed by atoms with Gasteiger partial charge in [0.05, 0.1) is 7.11 Å². The first-order valence-corrected chi connectivity index (χ1v) is 7.02. The second kappa shape index (κ2) is 5.67. The molecule has 1 fully saturated rings. The van der Waals surface area contributed by atoms with Crippen LogP contribution in [0.15, 0.2) is 42.5 Å². The Bertz CT molecular complexity index is 717. The summed E-state index contributed by atoms with van der Waals surface area (Å²) >= 11 is 0. The van der Waals surface area contributed by atoms with Crippen molar-refractivity contribution < 1.29 is 19.0 Å². The molecular formula is C17H16FNO3. The number of amides is 1. The van der Waals surface area contributed by atoms with Gasteiger partial charge in [-0.05, 0) is 36.2 Å². The van der Waals surface area contributed by atoms with Gasteiger partial charge in [-0.3, -0.25) is 4.79 Å². The number of nitrogens with one attached hydrogen (secondary N) is 1. The van der Waals surface area contributed by atoms with Crippen LogP contribution in [0.5, 0.6) is 11.5 Å². The van der Waals surface area contributed by atoms with E-state index in [-0.39, 0.29) is 29.4 Å². The molecule has 0 radical (unpaired) electrons. The Balaban J connectivity index is 1.67. The minimum atomic E-state index is -0.290. The van der Waals surface area contributed by atoms with Gasteiger partial charge < -0.3 is 15.2 Å². The predicted molar refractivity (Wildman–Crippen MR) is 79.7 cm³/mol. The fourth-order valence-electron chi connectivity index (χ4n) is 2.56. The maximum atomic E-state index is 13.7. The molecule has 2 aromatic rings. The minimum Gasteiger partial charge on any atom is -0.504 e. The topological polar surface area (TPSA) is 58.6 Å². The lowest BCUT2D eigenvalue weighted by Crippen LogP contribution is -2.26. The number of hydrogen-bond donors (Lipinski definition) is 2. The zero-order valence-corrected chi connectivity index (χ0v) is 12.0. The summed E-state index contributed by atoms with van der Waals surface area (Å²) in [6.07, 6.45) is 0.717. The van der Waals surface area contributed by atoms with E-state index in [0.717, 1.165) is 6.42 Å². The number of carbonyl (C=O) groups is 1. The molecule has 0 aromatic heterocycles. The number of aromatic hydroxyl groups is 1. The standard InChI is InChI=1S/C17H16FNO3/c1-22-16-7-6-10(8-15(16)20)17(21)19-14-9-12(14)11-4-2-3-5-13(11)18/h2-8,12,14,20H,9H2,1H3,(H,19,21)/t12-,14-/m0/s1. The molecule has 0 saturated heterocycles. The van der Waals surface area contributed by atoms with Crippen molar-refractivity contribution in [3.05, 3.63) is 59.4 Å². The van der Waals surface area contributed by atoms with Gasteiger partial charge in [-0.2, -0.15) is 0 Å². The van der Waals surface area contributed by atoms with Gasteiger partial charge in [0.25, 0.3) is 5.91 Å². The fourth-order valence-corrected chi connectivity index (χ4v) is 2.56. The summed E-state index contributed by atoms with van der Waals surface area (Å²) in [7, 11) is 1.44. The zero-order chi connectivity index (χ0) is 15.7. The van der Waals surface area contributed by atoms with Crippen LogP contribution >= 0.6 is 0 Å². The molecule has 3 rings (SSSR count). The number of halogens is 1. The van der Waals surface area contributed by atoms with Crippen LogP contribution in [0.2, 0.25) is 0 Å². The Kier molecular flexibility index (Phi) is 3.71. The molecule has 0 unspecified atom stereocenters. The molecule has 0 aliphatic heterocycles. The second-order valence-electron chi connectivity index (χ2n) is 5.33. The molecule has 2 N–H and O–H groups in total. The number of methoxy groups -OCH3 is 1. The van der Waals surface area contributed by atoms with Crippen molar-refractivity contribution in [2.45, 2.75) is 18.4 Å². The first-order valence-electron chi connectivity index (χ1n) is 7.02. The molecule has 114 valence electrons. The van der Waals surface area contributed by atoms with Crippen LogP contribution < -0.4 is 10.1 Å². The largest absolute Gasteiger partial charge is 0.504 e. The summed E-state index contributed by atoms with van der Waals surface area (Å²) in [4.78, 5) is 12.2. The van der Waals surface area contributed by atoms with Crippen LogP contribution in [-0.2, 0) is 0 Å². The minimum absolute atomic E-state index is 0.0111. The van der Waals surface area contributed by atoms with Gasteiger partial charge in [0, 0.05) is 17.5 Å². The highest BCUT2D eigenvalue weighted by Crippen LogP contribution is 2.42. The number of carbonyl (C=O) groups excluding carboxylic acids is 1. The molecule has 1 aliphatic rings. The second-order valence-corrected chi connectivity index (χ2v) is 5.33. The van der Waals surface area contributed by atoms with Gasteiger partial charge in [-0.1, -0.05) is 18.2 Å². The number of phenolic OH excluding ortho intramolecular Hbond substituents is 1. The zero-order valence-electron chi connectivity index (χ0n) is 12.0. The third kappa shape index (κ3) is 2.74. The van der Waals surface area contributed by atoms with Crippen LogP contribution in [0.4, 0.5) is 4.39 Å². The van der Waals surface area contributed by atoms with Crippen molar-refractivity contribution in [2.75, 3.05) is 7.11 Å². The van der Waals surface area contributed by atoms with Gasteiger partial charge in [-0.25, -0.2) is 4.39 Å². The van der Waals surface area contributed by atoms with Gasteiger partial charge in [0.2, 0.25) is 0 Å². The maximum Gasteiger partial charge on any atom is 0.251 e. The number of phenols is 1. The Labute approximate surface area is 127 Å². The third-order valence-corrected chi connectivity index (χ3v) is 3.85. The number of hydrogen-bond acceptors (Lipinski definition) is 3. The average Bonchev–Trinajstić information content (AvgIpc) is 3.26. The highest BCUT2D eigenvalue weighted by molar-refractivity contribution is 5.95. The van der Waals surface area contributed by atoms with E-state index in [2.05, 4.69) is 5.32 Å². The van der Waals surface area contributed by atoms with Crippen LogP contribution in [0.25, 0.3) is 0 Å². The Morgan fingerprint density at radius 1 is 1.32 bits per heavy atom. The molecule has 0 bridgehead atoms. The number of benzene rings is 2. The summed E-state index contributed by atoms with van der Waals surface area (Å²) in [5, 5.41) is 12.6. The fraction of sp³-hybridized carbons (Fsp3) is 0.235. The summed E-state index contributed by atoms with van der Waals surface area (Å²) in [6, 6.07) is 11.0. The lowest BCUT2D eigenvalue weighted by atomic mass is 10.1. The normalized spacial score (nSPS) is 19.5. The Morgan fingerprint density at radius 3 is 2.77 bits per heavy atom. The molecule has 5 heteroatoms. The Morgan fingerprint density at radius 2 is 2.09 bits per heavy atom. The van der Waals surface area contributed by atoms with E-state index in [4.69, 9.17) is 4.74 Å². The quantitative estimate of drug-likeness (QED) is 0.913. The smallest absolute Gasteiger partial charge is 0.251 e. The SMILES string of the molecule is COc1ccc(C(=O)N[C@H]2C[C@H]2c2ccccc2F)cc1O. The van der Waals surface area contributed by atoms with Crippen molar-refractivity contribution in [1.29, 1.82) is 0 Å². The lowest BCUT2D eigenvalue weighted by molar-refractivity contribution is 0.0949. The van der Waals surface area contributed by atoms with E-state index in [1.165, 1.54) is 25.3 Å². The molecule has 1 saturated carbocycles. The monoisotopic (exact) mass is 301 g/mol. The molecule has 1 amide bonds. The van der Waals surface area contributed by atoms with Crippen LogP contribution in [-0.4, -0.2) is 24.2 Å². The van der Waals surface area contributed by atoms with Crippen molar-refractivity contribution in [3.8, 4) is 11.5 Å². The first-order chi connectivity index (χ1) is 10.6. The molecular weight excluding hydrogens is 285 g/mol. The molecule has 2 aromatic carbocycles. The van der Waals surface area contributed by atoms with Gasteiger partial charge >= 0.3 is 0 Å². The first kappa shape index (κ1) is 14.4. The summed E-state index contributed by atoms with van der Waals surface area (Å²) in [6.45, 7) is 0. The van der Waals surface area contributed by atoms with Crippen LogP contribution in [0.1, 0.15) is 28.3 Å². The van der Waals surface area contributed by atoms with Gasteiger partial charge in [0.1, 0.15) is 5.82 Å². The third-order valence-electron chi connectivity index (χ3n) is 3.85. The van der Waals surface area contributed by atoms with E-state index in [9.17, 15) is 14.3 Å². The van der Waals surface area contributed by atoms with E-state index in [1.54, 1.807) is 24.3 Å². The molecule has 0 spiro atoms. The summed E-state index contributed by atoms with van der Waals surface area (Å²) in [5.41, 5.74) is 0.975. The highest BCUT2D eigenvalue weighted by atomic mass is 19.1. The Hall–Kier alpha value is -2.56. The van der Waals surface area contributed by atoms with Crippen LogP contribution in [0.3, 0.4) is 0 Å². The number of ether oxygens (including phenoxy) is 1. The van der Waals surface area contributed by atoms with Gasteiger partial charge in [0.15, 0.2) is 11.5 Å². The van der Waals surface area contributed by atoms with Crippen molar-refractivity contribution in [1.82, 2.24) is 5.32 Å². The van der Waals surface area contributed by atoms with E-state index >= 15 is 0 Å². The summed E-state index contributed by atoms with van der Waals surface area (Å²) < 4.78 is 18.6. The summed E-state index contributed by atoms with van der Waals surface area (Å²) in [5.74, 6) is -0.297. The van der Waals surface area contributed by atoms with Crippen molar-refractivity contribution >= 4 is 5.91 Å². The predicted octanol–water partition coefficient (Wildman–Crippen LogP) is 2.83. The van der Waals surface area contributed by atoms with E-state index in [0.29, 0.717) is 16.9 Å². The van der Waals surface area contributed by atoms with E-state index < -0.39 is 0 Å². The van der Waals surface area contributed by atoms with Crippen molar-refractivity contribution in [3.63, 3.8) is 0 Å². The highest BCUT2D eigenvalue weighted by Gasteiger charge is 2.41. The van der Waals surface area contributed by atoms with Crippen molar-refractivity contribution in [2.24, 2.45) is 0 Å². The molecule has 22 heavy (non-hydrogen) atoms. The lowest BCUT2D eigenvalue weighted by Gasteiger charge is -2.08. The van der Waals surface area contributed by atoms with Crippen LogP contribution in [0, 0.1) is 5.82 Å². The molecule has 4 nitrogen and oxygen atoms in total. The molecule has 1 aliphatic carbocycles.